The van der Waals surface area contributed by atoms with E-state index in [0.717, 1.165) is 38.3 Å². The predicted octanol–water partition coefficient (Wildman–Crippen LogP) is 3.34. The Kier molecular flexibility index (Phi) is 6.44. The first-order valence-corrected chi connectivity index (χ1v) is 7.77. The van der Waals surface area contributed by atoms with Gasteiger partial charge in [0.25, 0.3) is 0 Å². The highest BCUT2D eigenvalue weighted by Crippen LogP contribution is 2.21. The van der Waals surface area contributed by atoms with E-state index in [-0.39, 0.29) is 0 Å². The van der Waals surface area contributed by atoms with Gasteiger partial charge >= 0.3 is 0 Å². The number of nitrogens with zero attached hydrogens (tertiary/aromatic N) is 2. The lowest BCUT2D eigenvalue weighted by Crippen LogP contribution is -2.24. The molecule has 2 rings (SSSR count). The van der Waals surface area contributed by atoms with Gasteiger partial charge in [0.05, 0.1) is 11.4 Å². The van der Waals surface area contributed by atoms with Gasteiger partial charge in [-0.1, -0.05) is 25.1 Å². The zero-order valence-electron chi connectivity index (χ0n) is 13.0. The minimum absolute atomic E-state index is 0.304. The zero-order chi connectivity index (χ0) is 14.9. The van der Waals surface area contributed by atoms with Crippen molar-refractivity contribution in [2.24, 2.45) is 0 Å². The Morgan fingerprint density at radius 1 is 1.19 bits per heavy atom. The molecular formula is C17H25N3O. The van der Waals surface area contributed by atoms with Crippen LogP contribution in [0.2, 0.25) is 0 Å². The second-order valence-electron chi connectivity index (χ2n) is 4.95. The number of rotatable bonds is 9. The maximum atomic E-state index is 5.44. The maximum Gasteiger partial charge on any atom is 0.0649 e. The van der Waals surface area contributed by atoms with Crippen molar-refractivity contribution in [3.8, 4) is 5.69 Å². The molecule has 0 saturated carbocycles. The Balaban J connectivity index is 2.11. The van der Waals surface area contributed by atoms with Gasteiger partial charge in [-0.25, -0.2) is 4.68 Å². The topological polar surface area (TPSA) is 39.1 Å². The van der Waals surface area contributed by atoms with Gasteiger partial charge in [0.15, 0.2) is 0 Å². The Bertz CT molecular complexity index is 510. The number of para-hydroxylation sites is 1. The van der Waals surface area contributed by atoms with Crippen molar-refractivity contribution in [2.45, 2.75) is 32.7 Å². The molecule has 1 heterocycles. The summed E-state index contributed by atoms with van der Waals surface area (Å²) < 4.78 is 7.47. The second-order valence-corrected chi connectivity index (χ2v) is 4.95. The quantitative estimate of drug-likeness (QED) is 0.719. The van der Waals surface area contributed by atoms with Gasteiger partial charge in [0, 0.05) is 25.5 Å². The number of aromatic nitrogens is 2. The zero-order valence-corrected chi connectivity index (χ0v) is 13.0. The van der Waals surface area contributed by atoms with Gasteiger partial charge in [0.2, 0.25) is 0 Å². The molecule has 1 aromatic carbocycles. The van der Waals surface area contributed by atoms with E-state index in [4.69, 9.17) is 4.74 Å². The van der Waals surface area contributed by atoms with Crippen molar-refractivity contribution in [2.75, 3.05) is 19.8 Å². The molecule has 1 N–H and O–H groups in total. The molecular weight excluding hydrogens is 262 g/mol. The maximum absolute atomic E-state index is 5.44. The van der Waals surface area contributed by atoms with Crippen LogP contribution in [0.4, 0.5) is 0 Å². The van der Waals surface area contributed by atoms with Gasteiger partial charge in [-0.15, -0.1) is 0 Å². The molecule has 0 amide bonds. The average molecular weight is 287 g/mol. The van der Waals surface area contributed by atoms with Gasteiger partial charge in [-0.05, 0) is 44.5 Å². The van der Waals surface area contributed by atoms with Gasteiger partial charge < -0.3 is 10.1 Å². The minimum Gasteiger partial charge on any atom is -0.382 e. The van der Waals surface area contributed by atoms with E-state index in [9.17, 15) is 0 Å². The number of ether oxygens (including phenoxy) is 1. The lowest BCUT2D eigenvalue weighted by Gasteiger charge is -2.19. The van der Waals surface area contributed by atoms with Gasteiger partial charge in [-0.3, -0.25) is 0 Å². The van der Waals surface area contributed by atoms with Crippen molar-refractivity contribution in [3.05, 3.63) is 48.3 Å². The number of hydrogen-bond acceptors (Lipinski definition) is 3. The summed E-state index contributed by atoms with van der Waals surface area (Å²) in [6.45, 7) is 6.72. The van der Waals surface area contributed by atoms with Crippen LogP contribution in [0.1, 0.15) is 38.4 Å². The highest BCUT2D eigenvalue weighted by atomic mass is 16.5. The molecule has 1 atom stereocenters. The smallest absolute Gasteiger partial charge is 0.0649 e. The standard InChI is InChI=1S/C17H25N3O/c1-3-18-16(11-8-14-21-4-2)17-12-13-19-20(17)15-9-6-5-7-10-15/h5-7,9-10,12-13,16,18H,3-4,8,11,14H2,1-2H3. The van der Waals surface area contributed by atoms with Crippen LogP contribution in [0.15, 0.2) is 42.6 Å². The summed E-state index contributed by atoms with van der Waals surface area (Å²) in [6, 6.07) is 12.7. The van der Waals surface area contributed by atoms with Crippen molar-refractivity contribution in [1.29, 1.82) is 0 Å². The van der Waals surface area contributed by atoms with Crippen LogP contribution in [0.3, 0.4) is 0 Å². The first kappa shape index (κ1) is 15.7. The first-order valence-electron chi connectivity index (χ1n) is 7.77. The monoisotopic (exact) mass is 287 g/mol. The second kappa shape index (κ2) is 8.60. The summed E-state index contributed by atoms with van der Waals surface area (Å²) in [4.78, 5) is 0. The molecule has 2 aromatic rings. The van der Waals surface area contributed by atoms with Crippen LogP contribution in [0, 0.1) is 0 Å². The molecule has 4 nitrogen and oxygen atoms in total. The summed E-state index contributed by atoms with van der Waals surface area (Å²) in [7, 11) is 0. The molecule has 0 aliphatic rings. The van der Waals surface area contributed by atoms with Gasteiger partial charge in [-0.2, -0.15) is 5.10 Å². The van der Waals surface area contributed by atoms with E-state index in [0.29, 0.717) is 6.04 Å². The summed E-state index contributed by atoms with van der Waals surface area (Å²) in [5, 5.41) is 8.04. The molecule has 4 heteroatoms. The lowest BCUT2D eigenvalue weighted by atomic mass is 10.1. The summed E-state index contributed by atoms with van der Waals surface area (Å²) >= 11 is 0. The van der Waals surface area contributed by atoms with Crippen LogP contribution in [-0.4, -0.2) is 29.5 Å². The molecule has 1 unspecified atom stereocenters. The Labute approximate surface area is 127 Å². The molecule has 0 aliphatic carbocycles. The fourth-order valence-corrected chi connectivity index (χ4v) is 2.50. The highest BCUT2D eigenvalue weighted by molar-refractivity contribution is 5.33. The van der Waals surface area contributed by atoms with Crippen LogP contribution < -0.4 is 5.32 Å². The third-order valence-electron chi connectivity index (χ3n) is 3.47. The average Bonchev–Trinajstić information content (AvgIpc) is 3.01. The third kappa shape index (κ3) is 4.41. The van der Waals surface area contributed by atoms with Gasteiger partial charge in [0.1, 0.15) is 0 Å². The third-order valence-corrected chi connectivity index (χ3v) is 3.47. The molecule has 1 aromatic heterocycles. The van der Waals surface area contributed by atoms with E-state index >= 15 is 0 Å². The molecule has 0 spiro atoms. The van der Waals surface area contributed by atoms with Crippen LogP contribution in [0.25, 0.3) is 5.69 Å². The van der Waals surface area contributed by atoms with E-state index in [1.165, 1.54) is 5.69 Å². The first-order chi connectivity index (χ1) is 10.4. The molecule has 0 saturated heterocycles. The van der Waals surface area contributed by atoms with E-state index in [1.807, 2.05) is 36.0 Å². The molecule has 0 aliphatic heterocycles. The van der Waals surface area contributed by atoms with Crippen LogP contribution in [-0.2, 0) is 4.74 Å². The largest absolute Gasteiger partial charge is 0.382 e. The molecule has 21 heavy (non-hydrogen) atoms. The highest BCUT2D eigenvalue weighted by Gasteiger charge is 2.15. The number of hydrogen-bond donors (Lipinski definition) is 1. The molecule has 0 radical (unpaired) electrons. The Hall–Kier alpha value is -1.65. The summed E-state index contributed by atoms with van der Waals surface area (Å²) in [5.41, 5.74) is 2.31. The fourth-order valence-electron chi connectivity index (χ4n) is 2.50. The molecule has 114 valence electrons. The summed E-state index contributed by atoms with van der Waals surface area (Å²) in [5.74, 6) is 0. The van der Waals surface area contributed by atoms with E-state index < -0.39 is 0 Å². The van der Waals surface area contributed by atoms with Crippen LogP contribution in [0.5, 0.6) is 0 Å². The summed E-state index contributed by atoms with van der Waals surface area (Å²) in [6.07, 6.45) is 3.97. The van der Waals surface area contributed by atoms with Crippen LogP contribution >= 0.6 is 0 Å². The normalized spacial score (nSPS) is 12.5. The molecule has 0 fully saturated rings. The minimum atomic E-state index is 0.304. The van der Waals surface area contributed by atoms with Crippen molar-refractivity contribution >= 4 is 0 Å². The number of nitrogens with one attached hydrogen (secondary N) is 1. The Morgan fingerprint density at radius 3 is 2.71 bits per heavy atom. The Morgan fingerprint density at radius 2 is 2.00 bits per heavy atom. The fraction of sp³-hybridized carbons (Fsp3) is 0.471. The van der Waals surface area contributed by atoms with E-state index in [1.54, 1.807) is 0 Å². The molecule has 0 bridgehead atoms. The van der Waals surface area contributed by atoms with Crippen molar-refractivity contribution in [1.82, 2.24) is 15.1 Å². The van der Waals surface area contributed by atoms with Crippen molar-refractivity contribution < 1.29 is 4.74 Å². The van der Waals surface area contributed by atoms with Crippen molar-refractivity contribution in [3.63, 3.8) is 0 Å². The number of benzene rings is 1. The predicted molar refractivity (Wildman–Crippen MR) is 85.7 cm³/mol. The SMILES string of the molecule is CCNC(CCCOCC)c1ccnn1-c1ccccc1. The van der Waals surface area contributed by atoms with E-state index in [2.05, 4.69) is 35.5 Å². The lowest BCUT2D eigenvalue weighted by molar-refractivity contribution is 0.140.